The van der Waals surface area contributed by atoms with Gasteiger partial charge in [0.05, 0.1) is 17.8 Å². The Morgan fingerprint density at radius 3 is 2.71 bits per heavy atom. The second-order valence-electron chi connectivity index (χ2n) is 3.36. The van der Waals surface area contributed by atoms with E-state index in [1.165, 1.54) is 0 Å². The summed E-state index contributed by atoms with van der Waals surface area (Å²) >= 11 is 11.0. The van der Waals surface area contributed by atoms with Crippen LogP contribution in [0.5, 0.6) is 5.75 Å². The molecule has 0 atom stereocenters. The molecule has 88 valence electrons. The highest BCUT2D eigenvalue weighted by molar-refractivity contribution is 7.80. The highest BCUT2D eigenvalue weighted by atomic mass is 35.5. The van der Waals surface area contributed by atoms with Crippen molar-refractivity contribution in [1.82, 2.24) is 10.6 Å². The number of halogens is 1. The maximum absolute atomic E-state index is 11.0. The molecule has 1 fully saturated rings. The standard InChI is InChI=1S/C11H9ClN2O2S/c1-16-9-3-2-6(4-7(9)12)5-8-10(17)14-11(15)13-8/h2-5H,1H3,(H2,13,14,15,17). The van der Waals surface area contributed by atoms with Crippen molar-refractivity contribution in [1.29, 1.82) is 0 Å². The number of carbonyl (C=O) groups is 1. The molecule has 0 saturated carbocycles. The molecule has 0 bridgehead atoms. The molecule has 1 aliphatic heterocycles. The van der Waals surface area contributed by atoms with Crippen LogP contribution in [0.1, 0.15) is 5.56 Å². The third-order valence-electron chi connectivity index (χ3n) is 2.21. The number of urea groups is 1. The smallest absolute Gasteiger partial charge is 0.324 e. The van der Waals surface area contributed by atoms with E-state index in [0.717, 1.165) is 5.56 Å². The number of methoxy groups -OCH3 is 1. The molecule has 1 aromatic rings. The van der Waals surface area contributed by atoms with E-state index in [-0.39, 0.29) is 6.03 Å². The Hall–Kier alpha value is -1.59. The number of ether oxygens (including phenoxy) is 1. The number of benzene rings is 1. The van der Waals surface area contributed by atoms with E-state index >= 15 is 0 Å². The summed E-state index contributed by atoms with van der Waals surface area (Å²) in [5, 5.41) is 5.58. The minimum absolute atomic E-state index is 0.319. The summed E-state index contributed by atoms with van der Waals surface area (Å²) < 4.78 is 5.05. The lowest BCUT2D eigenvalue weighted by molar-refractivity contribution is 0.250. The average molecular weight is 269 g/mol. The second kappa shape index (κ2) is 4.73. The van der Waals surface area contributed by atoms with Crippen LogP contribution in [0.2, 0.25) is 5.02 Å². The van der Waals surface area contributed by atoms with Crippen molar-refractivity contribution in [2.75, 3.05) is 7.11 Å². The van der Waals surface area contributed by atoms with Crippen LogP contribution in [-0.4, -0.2) is 18.1 Å². The Labute approximate surface area is 109 Å². The van der Waals surface area contributed by atoms with Gasteiger partial charge in [0.2, 0.25) is 0 Å². The minimum Gasteiger partial charge on any atom is -0.495 e. The molecule has 0 radical (unpaired) electrons. The number of nitrogens with one attached hydrogen (secondary N) is 2. The van der Waals surface area contributed by atoms with Gasteiger partial charge in [-0.2, -0.15) is 0 Å². The number of hydrogen-bond donors (Lipinski definition) is 2. The van der Waals surface area contributed by atoms with E-state index in [1.54, 1.807) is 25.3 Å². The molecule has 17 heavy (non-hydrogen) atoms. The third kappa shape index (κ3) is 2.57. The van der Waals surface area contributed by atoms with E-state index in [0.29, 0.717) is 21.5 Å². The molecule has 2 amide bonds. The van der Waals surface area contributed by atoms with E-state index in [4.69, 9.17) is 28.6 Å². The fraction of sp³-hybridized carbons (Fsp3) is 0.0909. The van der Waals surface area contributed by atoms with Crippen LogP contribution >= 0.6 is 23.8 Å². The zero-order valence-electron chi connectivity index (χ0n) is 8.91. The lowest BCUT2D eigenvalue weighted by atomic mass is 10.2. The van der Waals surface area contributed by atoms with Crippen molar-refractivity contribution < 1.29 is 9.53 Å². The average Bonchev–Trinajstić information content (AvgIpc) is 2.58. The molecule has 0 aliphatic carbocycles. The van der Waals surface area contributed by atoms with E-state index in [2.05, 4.69) is 10.6 Å². The van der Waals surface area contributed by atoms with Crippen LogP contribution < -0.4 is 15.4 Å². The van der Waals surface area contributed by atoms with Crippen LogP contribution in [0.25, 0.3) is 6.08 Å². The highest BCUT2D eigenvalue weighted by Crippen LogP contribution is 2.25. The molecule has 1 aromatic carbocycles. The second-order valence-corrected chi connectivity index (χ2v) is 4.18. The van der Waals surface area contributed by atoms with Gasteiger partial charge in [0.15, 0.2) is 0 Å². The predicted octanol–water partition coefficient (Wildman–Crippen LogP) is 2.33. The predicted molar refractivity (Wildman–Crippen MR) is 70.2 cm³/mol. The Kier molecular flexibility index (Phi) is 3.31. The van der Waals surface area contributed by atoms with Crippen molar-refractivity contribution in [3.05, 3.63) is 34.5 Å². The summed E-state index contributed by atoms with van der Waals surface area (Å²) in [6.45, 7) is 0. The van der Waals surface area contributed by atoms with Gasteiger partial charge in [0.1, 0.15) is 10.7 Å². The molecule has 0 unspecified atom stereocenters. The van der Waals surface area contributed by atoms with Gasteiger partial charge in [0.25, 0.3) is 0 Å². The maximum Gasteiger partial charge on any atom is 0.324 e. The van der Waals surface area contributed by atoms with Crippen LogP contribution in [0.15, 0.2) is 23.9 Å². The first-order valence-electron chi connectivity index (χ1n) is 4.77. The Balaban J connectivity index is 2.30. The van der Waals surface area contributed by atoms with Gasteiger partial charge in [-0.3, -0.25) is 5.32 Å². The summed E-state index contributed by atoms with van der Waals surface area (Å²) in [6.07, 6.45) is 1.74. The zero-order chi connectivity index (χ0) is 12.4. The largest absolute Gasteiger partial charge is 0.495 e. The number of hydrogen-bond acceptors (Lipinski definition) is 3. The molecule has 4 nitrogen and oxygen atoms in total. The quantitative estimate of drug-likeness (QED) is 0.639. The molecule has 2 N–H and O–H groups in total. The number of thiocarbonyl (C=S) groups is 1. The SMILES string of the molecule is COc1ccc(C=C2NC(=O)NC2=S)cc1Cl. The molecule has 1 saturated heterocycles. The lowest BCUT2D eigenvalue weighted by Gasteiger charge is -2.03. The number of rotatable bonds is 2. The van der Waals surface area contributed by atoms with Crippen LogP contribution in [0.4, 0.5) is 4.79 Å². The molecule has 2 rings (SSSR count). The van der Waals surface area contributed by atoms with Gasteiger partial charge in [0, 0.05) is 0 Å². The summed E-state index contributed by atoms with van der Waals surface area (Å²) in [5.74, 6) is 0.602. The van der Waals surface area contributed by atoms with Gasteiger partial charge < -0.3 is 10.1 Å². The Bertz CT molecular complexity index is 528. The first-order chi connectivity index (χ1) is 8.10. The molecule has 6 heteroatoms. The van der Waals surface area contributed by atoms with Crippen molar-refractivity contribution in [3.8, 4) is 5.75 Å². The van der Waals surface area contributed by atoms with E-state index in [9.17, 15) is 4.79 Å². The summed E-state index contributed by atoms with van der Waals surface area (Å²) in [6, 6.07) is 4.99. The fourth-order valence-electron chi connectivity index (χ4n) is 1.42. The van der Waals surface area contributed by atoms with Gasteiger partial charge in [-0.05, 0) is 23.8 Å². The van der Waals surface area contributed by atoms with E-state index in [1.807, 2.05) is 6.07 Å². The van der Waals surface area contributed by atoms with Crippen LogP contribution in [0.3, 0.4) is 0 Å². The van der Waals surface area contributed by atoms with Crippen molar-refractivity contribution >= 4 is 40.9 Å². The van der Waals surface area contributed by atoms with Gasteiger partial charge in [-0.1, -0.05) is 29.9 Å². The first kappa shape index (κ1) is 11.9. The molecule has 1 heterocycles. The third-order valence-corrected chi connectivity index (χ3v) is 2.82. The van der Waals surface area contributed by atoms with Gasteiger partial charge >= 0.3 is 6.03 Å². The molecule has 0 aromatic heterocycles. The highest BCUT2D eigenvalue weighted by Gasteiger charge is 2.18. The fourth-order valence-corrected chi connectivity index (χ4v) is 1.89. The van der Waals surface area contributed by atoms with Crippen molar-refractivity contribution in [2.45, 2.75) is 0 Å². The topological polar surface area (TPSA) is 50.4 Å². The molecular formula is C11H9ClN2O2S. The summed E-state index contributed by atoms with van der Waals surface area (Å²) in [5.41, 5.74) is 1.39. The first-order valence-corrected chi connectivity index (χ1v) is 5.56. The summed E-state index contributed by atoms with van der Waals surface area (Å²) in [7, 11) is 1.55. The maximum atomic E-state index is 11.0. The molecular weight excluding hydrogens is 260 g/mol. The summed E-state index contributed by atoms with van der Waals surface area (Å²) in [4.78, 5) is 11.4. The van der Waals surface area contributed by atoms with Crippen molar-refractivity contribution in [3.63, 3.8) is 0 Å². The monoisotopic (exact) mass is 268 g/mol. The van der Waals surface area contributed by atoms with E-state index < -0.39 is 0 Å². The normalized spacial score (nSPS) is 16.9. The van der Waals surface area contributed by atoms with Crippen molar-refractivity contribution in [2.24, 2.45) is 0 Å². The Morgan fingerprint density at radius 2 is 2.18 bits per heavy atom. The molecule has 1 aliphatic rings. The van der Waals surface area contributed by atoms with Gasteiger partial charge in [-0.25, -0.2) is 4.79 Å². The van der Waals surface area contributed by atoms with Crippen LogP contribution in [0, 0.1) is 0 Å². The number of carbonyl (C=O) groups excluding carboxylic acids is 1. The Morgan fingerprint density at radius 1 is 1.41 bits per heavy atom. The van der Waals surface area contributed by atoms with Crippen LogP contribution in [-0.2, 0) is 0 Å². The zero-order valence-corrected chi connectivity index (χ0v) is 10.5. The lowest BCUT2D eigenvalue weighted by Crippen LogP contribution is -2.21. The minimum atomic E-state index is -0.319. The molecule has 0 spiro atoms. The van der Waals surface area contributed by atoms with Gasteiger partial charge in [-0.15, -0.1) is 0 Å². The number of amides is 2.